The standard InChI is InChI=1S/C16H30N6O2/c1-3-17-15(19-10-13-24-4-2)18-9-7-12-22-16(23)21-11-6-5-8-14(21)20-22/h3-13H2,1-2H3,(H2,17,18,19). The maximum Gasteiger partial charge on any atom is 0.345 e. The lowest BCUT2D eigenvalue weighted by Crippen LogP contribution is -2.39. The van der Waals surface area contributed by atoms with E-state index >= 15 is 0 Å². The summed E-state index contributed by atoms with van der Waals surface area (Å²) in [6, 6.07) is 0. The third kappa shape index (κ3) is 5.36. The molecule has 0 saturated carbocycles. The SMILES string of the molecule is CCNC(=NCCCn1nc2n(c1=O)CCCC2)NCCOCC. The molecular weight excluding hydrogens is 308 g/mol. The second-order valence-electron chi connectivity index (χ2n) is 5.77. The zero-order valence-electron chi connectivity index (χ0n) is 14.9. The molecular formula is C16H30N6O2. The van der Waals surface area contributed by atoms with Crippen LogP contribution in [0.25, 0.3) is 0 Å². The van der Waals surface area contributed by atoms with Crippen molar-refractivity contribution in [2.45, 2.75) is 52.6 Å². The Morgan fingerprint density at radius 3 is 2.96 bits per heavy atom. The first-order chi connectivity index (χ1) is 11.8. The largest absolute Gasteiger partial charge is 0.380 e. The Hall–Kier alpha value is -1.83. The maximum absolute atomic E-state index is 12.2. The summed E-state index contributed by atoms with van der Waals surface area (Å²) in [5.74, 6) is 1.72. The minimum Gasteiger partial charge on any atom is -0.380 e. The van der Waals surface area contributed by atoms with Gasteiger partial charge in [0, 0.05) is 45.8 Å². The number of guanidine groups is 1. The van der Waals surface area contributed by atoms with Crippen molar-refractivity contribution in [1.29, 1.82) is 0 Å². The Balaban J connectivity index is 1.79. The van der Waals surface area contributed by atoms with Gasteiger partial charge in [0.15, 0.2) is 5.96 Å². The van der Waals surface area contributed by atoms with Gasteiger partial charge in [-0.3, -0.25) is 9.56 Å². The van der Waals surface area contributed by atoms with Crippen molar-refractivity contribution in [3.05, 3.63) is 16.3 Å². The first kappa shape index (κ1) is 18.5. The van der Waals surface area contributed by atoms with Crippen LogP contribution in [0.15, 0.2) is 9.79 Å². The van der Waals surface area contributed by atoms with Crippen molar-refractivity contribution in [3.8, 4) is 0 Å². The van der Waals surface area contributed by atoms with Crippen LogP contribution in [-0.4, -0.2) is 53.2 Å². The molecule has 0 bridgehead atoms. The third-order valence-corrected chi connectivity index (χ3v) is 3.92. The maximum atomic E-state index is 12.2. The van der Waals surface area contributed by atoms with Crippen LogP contribution in [0.5, 0.6) is 0 Å². The minimum absolute atomic E-state index is 0.0235. The second-order valence-corrected chi connectivity index (χ2v) is 5.77. The van der Waals surface area contributed by atoms with Gasteiger partial charge in [-0.25, -0.2) is 9.48 Å². The molecule has 1 aliphatic heterocycles. The first-order valence-corrected chi connectivity index (χ1v) is 9.02. The van der Waals surface area contributed by atoms with Gasteiger partial charge in [0.25, 0.3) is 0 Å². The molecule has 0 aliphatic carbocycles. The number of fused-ring (bicyclic) bond motifs is 1. The van der Waals surface area contributed by atoms with E-state index in [0.29, 0.717) is 19.7 Å². The number of hydrogen-bond donors (Lipinski definition) is 2. The fourth-order valence-corrected chi connectivity index (χ4v) is 2.73. The van der Waals surface area contributed by atoms with Crippen LogP contribution in [0.1, 0.15) is 38.9 Å². The topological polar surface area (TPSA) is 85.5 Å². The first-order valence-electron chi connectivity index (χ1n) is 9.02. The monoisotopic (exact) mass is 338 g/mol. The van der Waals surface area contributed by atoms with Crippen molar-refractivity contribution in [3.63, 3.8) is 0 Å². The summed E-state index contributed by atoms with van der Waals surface area (Å²) < 4.78 is 8.71. The Morgan fingerprint density at radius 2 is 2.21 bits per heavy atom. The Labute approximate surface area is 143 Å². The van der Waals surface area contributed by atoms with Crippen LogP contribution in [0.4, 0.5) is 0 Å². The molecule has 0 fully saturated rings. The van der Waals surface area contributed by atoms with Gasteiger partial charge in [0.2, 0.25) is 0 Å². The number of rotatable bonds is 9. The number of aryl methyl sites for hydroxylation is 2. The van der Waals surface area contributed by atoms with E-state index in [1.54, 1.807) is 4.68 Å². The molecule has 0 amide bonds. The molecule has 2 rings (SSSR count). The predicted octanol–water partition coefficient (Wildman–Crippen LogP) is 0.363. The highest BCUT2D eigenvalue weighted by atomic mass is 16.5. The number of aromatic nitrogens is 3. The summed E-state index contributed by atoms with van der Waals surface area (Å²) in [5.41, 5.74) is 0.0235. The summed E-state index contributed by atoms with van der Waals surface area (Å²) in [7, 11) is 0. The van der Waals surface area contributed by atoms with Crippen molar-refractivity contribution >= 4 is 5.96 Å². The van der Waals surface area contributed by atoms with E-state index < -0.39 is 0 Å². The molecule has 8 nitrogen and oxygen atoms in total. The Kier molecular flexibility index (Phi) is 7.81. The lowest BCUT2D eigenvalue weighted by Gasteiger charge is -2.11. The Bertz CT molecular complexity index is 578. The zero-order chi connectivity index (χ0) is 17.2. The van der Waals surface area contributed by atoms with Crippen LogP contribution < -0.4 is 16.3 Å². The van der Waals surface area contributed by atoms with Crippen LogP contribution in [0.2, 0.25) is 0 Å². The number of hydrogen-bond acceptors (Lipinski definition) is 4. The van der Waals surface area contributed by atoms with Crippen LogP contribution in [0, 0.1) is 0 Å². The highest BCUT2D eigenvalue weighted by molar-refractivity contribution is 5.79. The summed E-state index contributed by atoms with van der Waals surface area (Å²) in [6.07, 6.45) is 3.90. The summed E-state index contributed by atoms with van der Waals surface area (Å²) >= 11 is 0. The minimum atomic E-state index is 0.0235. The highest BCUT2D eigenvalue weighted by Gasteiger charge is 2.15. The van der Waals surface area contributed by atoms with Gasteiger partial charge in [-0.1, -0.05) is 0 Å². The van der Waals surface area contributed by atoms with Gasteiger partial charge in [-0.15, -0.1) is 0 Å². The third-order valence-electron chi connectivity index (χ3n) is 3.92. The van der Waals surface area contributed by atoms with Crippen LogP contribution >= 0.6 is 0 Å². The van der Waals surface area contributed by atoms with E-state index in [-0.39, 0.29) is 5.69 Å². The van der Waals surface area contributed by atoms with Crippen molar-refractivity contribution in [2.75, 3.05) is 32.8 Å². The molecule has 1 aromatic rings. The number of aliphatic imine (C=N–C) groups is 1. The number of ether oxygens (including phenoxy) is 1. The number of nitrogens with zero attached hydrogens (tertiary/aromatic N) is 4. The molecule has 2 heterocycles. The summed E-state index contributed by atoms with van der Waals surface area (Å²) in [6.45, 7) is 9.01. The molecule has 0 radical (unpaired) electrons. The summed E-state index contributed by atoms with van der Waals surface area (Å²) in [5, 5.41) is 10.9. The summed E-state index contributed by atoms with van der Waals surface area (Å²) in [4.78, 5) is 16.8. The molecule has 0 unspecified atom stereocenters. The predicted molar refractivity (Wildman–Crippen MR) is 94.5 cm³/mol. The molecule has 8 heteroatoms. The van der Waals surface area contributed by atoms with Gasteiger partial charge >= 0.3 is 5.69 Å². The molecule has 0 spiro atoms. The van der Waals surface area contributed by atoms with Crippen molar-refractivity contribution < 1.29 is 4.74 Å². The van der Waals surface area contributed by atoms with Gasteiger partial charge < -0.3 is 15.4 Å². The van der Waals surface area contributed by atoms with Gasteiger partial charge in [0.1, 0.15) is 5.82 Å². The van der Waals surface area contributed by atoms with Gasteiger partial charge in [-0.05, 0) is 33.1 Å². The molecule has 2 N–H and O–H groups in total. The van der Waals surface area contributed by atoms with E-state index in [1.807, 2.05) is 18.4 Å². The molecule has 1 aliphatic rings. The highest BCUT2D eigenvalue weighted by Crippen LogP contribution is 2.09. The quantitative estimate of drug-likeness (QED) is 0.386. The van der Waals surface area contributed by atoms with Crippen molar-refractivity contribution in [1.82, 2.24) is 25.0 Å². The van der Waals surface area contributed by atoms with E-state index in [9.17, 15) is 4.79 Å². The van der Waals surface area contributed by atoms with Crippen LogP contribution in [0.3, 0.4) is 0 Å². The average Bonchev–Trinajstić information content (AvgIpc) is 2.92. The zero-order valence-corrected chi connectivity index (χ0v) is 14.9. The lowest BCUT2D eigenvalue weighted by atomic mass is 10.2. The molecule has 24 heavy (non-hydrogen) atoms. The molecule has 0 atom stereocenters. The molecule has 0 aromatic carbocycles. The van der Waals surface area contributed by atoms with E-state index in [4.69, 9.17) is 4.74 Å². The Morgan fingerprint density at radius 1 is 1.33 bits per heavy atom. The molecule has 136 valence electrons. The second kappa shape index (κ2) is 10.1. The molecule has 1 aromatic heterocycles. The van der Waals surface area contributed by atoms with Crippen LogP contribution in [-0.2, 0) is 24.2 Å². The fourth-order valence-electron chi connectivity index (χ4n) is 2.73. The van der Waals surface area contributed by atoms with Crippen molar-refractivity contribution in [2.24, 2.45) is 4.99 Å². The van der Waals surface area contributed by atoms with E-state index in [0.717, 1.165) is 63.7 Å². The van der Waals surface area contributed by atoms with E-state index in [1.165, 1.54) is 0 Å². The fraction of sp³-hybridized carbons (Fsp3) is 0.812. The molecule has 0 saturated heterocycles. The van der Waals surface area contributed by atoms with E-state index in [2.05, 4.69) is 20.7 Å². The smallest absolute Gasteiger partial charge is 0.345 e. The average molecular weight is 338 g/mol. The lowest BCUT2D eigenvalue weighted by molar-refractivity contribution is 0.152. The van der Waals surface area contributed by atoms with Gasteiger partial charge in [0.05, 0.1) is 6.61 Å². The van der Waals surface area contributed by atoms with Gasteiger partial charge in [-0.2, -0.15) is 5.10 Å². The normalized spacial score (nSPS) is 14.5. The number of nitrogens with one attached hydrogen (secondary N) is 2.